The number of hydrogen-bond acceptors (Lipinski definition) is 2. The highest BCUT2D eigenvalue weighted by atomic mass is 35.5. The summed E-state index contributed by atoms with van der Waals surface area (Å²) in [5, 5.41) is 7.93. The molecular weight excluding hydrogens is 281 g/mol. The summed E-state index contributed by atoms with van der Waals surface area (Å²) in [5.74, 6) is -0.358. The monoisotopic (exact) mass is 297 g/mol. The molecule has 19 heavy (non-hydrogen) atoms. The Morgan fingerprint density at radius 3 is 2.68 bits per heavy atom. The molecule has 1 heterocycles. The molecule has 1 unspecified atom stereocenters. The molecule has 2 rings (SSSR count). The largest absolute Gasteiger partial charge is 0.314 e. The average molecular weight is 298 g/mol. The minimum atomic E-state index is -0.358. The fraction of sp³-hybridized carbons (Fsp3) is 0.333. The molecule has 4 heteroatoms. The van der Waals surface area contributed by atoms with Crippen LogP contribution in [-0.2, 0) is 12.8 Å². The first-order valence-electron chi connectivity index (χ1n) is 6.37. The van der Waals surface area contributed by atoms with Gasteiger partial charge < -0.3 is 5.32 Å². The zero-order valence-corrected chi connectivity index (χ0v) is 12.4. The summed E-state index contributed by atoms with van der Waals surface area (Å²) in [7, 11) is 0. The average Bonchev–Trinajstić information content (AvgIpc) is 2.87. The SMILES string of the molecule is CCNC(Cc1ccsc1)Cc1ccc(F)c(Cl)c1. The van der Waals surface area contributed by atoms with Crippen LogP contribution >= 0.6 is 22.9 Å². The van der Waals surface area contributed by atoms with E-state index < -0.39 is 0 Å². The van der Waals surface area contributed by atoms with Crippen molar-refractivity contribution in [2.24, 2.45) is 0 Å². The highest BCUT2D eigenvalue weighted by molar-refractivity contribution is 7.07. The zero-order valence-electron chi connectivity index (χ0n) is 10.8. The van der Waals surface area contributed by atoms with Crippen molar-refractivity contribution in [3.05, 3.63) is 57.0 Å². The van der Waals surface area contributed by atoms with Crippen molar-refractivity contribution in [2.45, 2.75) is 25.8 Å². The van der Waals surface area contributed by atoms with E-state index >= 15 is 0 Å². The van der Waals surface area contributed by atoms with Gasteiger partial charge in [0.1, 0.15) is 5.82 Å². The third kappa shape index (κ3) is 4.30. The maximum absolute atomic E-state index is 13.1. The molecule has 0 bridgehead atoms. The Bertz CT molecular complexity index is 513. The van der Waals surface area contributed by atoms with Gasteiger partial charge in [0.15, 0.2) is 0 Å². The summed E-state index contributed by atoms with van der Waals surface area (Å²) >= 11 is 7.54. The lowest BCUT2D eigenvalue weighted by Gasteiger charge is -2.17. The maximum Gasteiger partial charge on any atom is 0.141 e. The Labute approximate surface area is 122 Å². The Kier molecular flexibility index (Phi) is 5.37. The molecular formula is C15H17ClFNS. The molecule has 0 aliphatic rings. The number of hydrogen-bond donors (Lipinski definition) is 1. The van der Waals surface area contributed by atoms with Crippen LogP contribution in [0.25, 0.3) is 0 Å². The molecule has 1 aromatic carbocycles. The fourth-order valence-electron chi connectivity index (χ4n) is 2.15. The number of thiophene rings is 1. The first-order chi connectivity index (χ1) is 9.19. The molecule has 0 aliphatic heterocycles. The summed E-state index contributed by atoms with van der Waals surface area (Å²) in [4.78, 5) is 0. The number of rotatable bonds is 6. The lowest BCUT2D eigenvalue weighted by atomic mass is 10.0. The Morgan fingerprint density at radius 1 is 1.26 bits per heavy atom. The van der Waals surface area contributed by atoms with Gasteiger partial charge in [-0.2, -0.15) is 11.3 Å². The summed E-state index contributed by atoms with van der Waals surface area (Å²) in [6.45, 7) is 3.02. The van der Waals surface area contributed by atoms with Crippen molar-refractivity contribution in [3.8, 4) is 0 Å². The molecule has 0 spiro atoms. The second-order valence-electron chi connectivity index (χ2n) is 4.54. The third-order valence-corrected chi connectivity index (χ3v) is 4.04. The summed E-state index contributed by atoms with van der Waals surface area (Å²) in [5.41, 5.74) is 2.40. The first-order valence-corrected chi connectivity index (χ1v) is 7.69. The predicted molar refractivity (Wildman–Crippen MR) is 80.6 cm³/mol. The lowest BCUT2D eigenvalue weighted by Crippen LogP contribution is -2.32. The molecule has 1 nitrogen and oxygen atoms in total. The van der Waals surface area contributed by atoms with Gasteiger partial charge in [-0.1, -0.05) is 24.6 Å². The van der Waals surface area contributed by atoms with Crippen molar-refractivity contribution >= 4 is 22.9 Å². The van der Waals surface area contributed by atoms with Gasteiger partial charge in [-0.15, -0.1) is 0 Å². The van der Waals surface area contributed by atoms with E-state index in [-0.39, 0.29) is 10.8 Å². The van der Waals surface area contributed by atoms with Crippen molar-refractivity contribution in [3.63, 3.8) is 0 Å². The molecule has 1 N–H and O–H groups in total. The maximum atomic E-state index is 13.1. The molecule has 0 fully saturated rings. The van der Waals surface area contributed by atoms with Crippen molar-refractivity contribution < 1.29 is 4.39 Å². The van der Waals surface area contributed by atoms with Gasteiger partial charge in [0.25, 0.3) is 0 Å². The predicted octanol–water partition coefficient (Wildman–Crippen LogP) is 4.30. The van der Waals surface area contributed by atoms with E-state index in [1.807, 2.05) is 0 Å². The van der Waals surface area contributed by atoms with Gasteiger partial charge in [0, 0.05) is 6.04 Å². The molecule has 0 amide bonds. The number of likely N-dealkylation sites (N-methyl/N-ethyl adjacent to an activating group) is 1. The van der Waals surface area contributed by atoms with Crippen LogP contribution in [0, 0.1) is 5.82 Å². The molecule has 2 aromatic rings. The van der Waals surface area contributed by atoms with E-state index in [2.05, 4.69) is 29.1 Å². The molecule has 102 valence electrons. The molecule has 0 saturated carbocycles. The van der Waals surface area contributed by atoms with Crippen LogP contribution in [-0.4, -0.2) is 12.6 Å². The smallest absolute Gasteiger partial charge is 0.141 e. The molecule has 1 atom stereocenters. The standard InChI is InChI=1S/C15H17ClFNS/c1-2-18-13(8-12-5-6-19-10-12)7-11-3-4-15(17)14(16)9-11/h3-6,9-10,13,18H,2,7-8H2,1H3. The number of benzene rings is 1. The first kappa shape index (κ1) is 14.5. The second kappa shape index (κ2) is 7.04. The summed E-state index contributed by atoms with van der Waals surface area (Å²) in [6, 6.07) is 7.45. The number of halogens is 2. The Balaban J connectivity index is 2.05. The van der Waals surface area contributed by atoms with E-state index in [0.717, 1.165) is 24.9 Å². The van der Waals surface area contributed by atoms with E-state index in [9.17, 15) is 4.39 Å². The second-order valence-corrected chi connectivity index (χ2v) is 5.73. The van der Waals surface area contributed by atoms with Crippen LogP contribution in [0.4, 0.5) is 4.39 Å². The van der Waals surface area contributed by atoms with Crippen molar-refractivity contribution in [2.75, 3.05) is 6.54 Å². The third-order valence-electron chi connectivity index (χ3n) is 3.02. The summed E-state index contributed by atoms with van der Waals surface area (Å²) < 4.78 is 13.1. The molecule has 0 aliphatic carbocycles. The van der Waals surface area contributed by atoms with Gasteiger partial charge >= 0.3 is 0 Å². The minimum absolute atomic E-state index is 0.197. The highest BCUT2D eigenvalue weighted by Crippen LogP contribution is 2.18. The van der Waals surface area contributed by atoms with E-state index in [0.29, 0.717) is 6.04 Å². The van der Waals surface area contributed by atoms with Crippen molar-refractivity contribution in [1.82, 2.24) is 5.32 Å². The zero-order chi connectivity index (χ0) is 13.7. The van der Waals surface area contributed by atoms with Crippen molar-refractivity contribution in [1.29, 1.82) is 0 Å². The van der Waals surface area contributed by atoms with Crippen LogP contribution in [0.5, 0.6) is 0 Å². The fourth-order valence-corrected chi connectivity index (χ4v) is 3.03. The number of nitrogens with one attached hydrogen (secondary N) is 1. The van der Waals surface area contributed by atoms with E-state index in [1.165, 1.54) is 11.6 Å². The van der Waals surface area contributed by atoms with E-state index in [1.54, 1.807) is 23.5 Å². The normalized spacial score (nSPS) is 12.6. The van der Waals surface area contributed by atoms with Crippen LogP contribution < -0.4 is 5.32 Å². The minimum Gasteiger partial charge on any atom is -0.314 e. The van der Waals surface area contributed by atoms with Gasteiger partial charge in [-0.05, 0) is 59.5 Å². The van der Waals surface area contributed by atoms with Crippen LogP contribution in [0.1, 0.15) is 18.1 Å². The molecule has 0 radical (unpaired) electrons. The molecule has 0 saturated heterocycles. The van der Waals surface area contributed by atoms with Gasteiger partial charge in [0.05, 0.1) is 5.02 Å². The van der Waals surface area contributed by atoms with Gasteiger partial charge in [-0.3, -0.25) is 0 Å². The van der Waals surface area contributed by atoms with Gasteiger partial charge in [-0.25, -0.2) is 4.39 Å². The van der Waals surface area contributed by atoms with Crippen LogP contribution in [0.3, 0.4) is 0 Å². The summed E-state index contributed by atoms with van der Waals surface area (Å²) in [6.07, 6.45) is 1.83. The van der Waals surface area contributed by atoms with Crippen LogP contribution in [0.15, 0.2) is 35.0 Å². The molecule has 1 aromatic heterocycles. The van der Waals surface area contributed by atoms with Gasteiger partial charge in [0.2, 0.25) is 0 Å². The Morgan fingerprint density at radius 2 is 2.05 bits per heavy atom. The topological polar surface area (TPSA) is 12.0 Å². The highest BCUT2D eigenvalue weighted by Gasteiger charge is 2.11. The lowest BCUT2D eigenvalue weighted by molar-refractivity contribution is 0.521. The van der Waals surface area contributed by atoms with E-state index in [4.69, 9.17) is 11.6 Å². The Hall–Kier alpha value is -0.900. The quantitative estimate of drug-likeness (QED) is 0.838. The van der Waals surface area contributed by atoms with Crippen LogP contribution in [0.2, 0.25) is 5.02 Å².